The molecule has 3 rings (SSSR count). The molecular formula is C21H21ClF3N3O3. The molecule has 1 atom stereocenters. The van der Waals surface area contributed by atoms with Gasteiger partial charge in [-0.25, -0.2) is 4.79 Å². The molecule has 0 unspecified atom stereocenters. The van der Waals surface area contributed by atoms with Gasteiger partial charge in [0.1, 0.15) is 6.10 Å². The van der Waals surface area contributed by atoms with Gasteiger partial charge in [-0.15, -0.1) is 0 Å². The third-order valence-electron chi connectivity index (χ3n) is 5.07. The number of hydrogen-bond acceptors (Lipinski definition) is 4. The van der Waals surface area contributed by atoms with Crippen molar-refractivity contribution in [3.63, 3.8) is 0 Å². The molecule has 2 aromatic rings. The molecule has 0 spiro atoms. The summed E-state index contributed by atoms with van der Waals surface area (Å²) in [5, 5.41) is 19.0. The van der Waals surface area contributed by atoms with E-state index >= 15 is 0 Å². The molecule has 1 aromatic carbocycles. The number of aliphatic hydroxyl groups is 2. The van der Waals surface area contributed by atoms with E-state index in [-0.39, 0.29) is 12.6 Å². The number of carbonyl (C=O) groups excluding carboxylic acids is 1. The maximum absolute atomic E-state index is 12.8. The van der Waals surface area contributed by atoms with Crippen LogP contribution in [0.5, 0.6) is 0 Å². The second-order valence-electron chi connectivity index (χ2n) is 7.11. The Morgan fingerprint density at radius 1 is 1.32 bits per heavy atom. The van der Waals surface area contributed by atoms with Crippen molar-refractivity contribution in [3.8, 4) is 0 Å². The van der Waals surface area contributed by atoms with Crippen LogP contribution < -0.4 is 4.90 Å². The van der Waals surface area contributed by atoms with Crippen LogP contribution in [0.3, 0.4) is 0 Å². The number of aliphatic hydroxyl groups excluding tert-OH is 2. The summed E-state index contributed by atoms with van der Waals surface area (Å²) in [5.74, 6) is 0. The lowest BCUT2D eigenvalue weighted by atomic mass is 10.0. The van der Waals surface area contributed by atoms with Gasteiger partial charge in [0.05, 0.1) is 22.9 Å². The van der Waals surface area contributed by atoms with Crippen LogP contribution in [-0.4, -0.2) is 52.9 Å². The zero-order chi connectivity index (χ0) is 22.8. The maximum Gasteiger partial charge on any atom is 0.416 e. The monoisotopic (exact) mass is 455 g/mol. The molecular weight excluding hydrogens is 435 g/mol. The first-order valence-electron chi connectivity index (χ1n) is 9.45. The van der Waals surface area contributed by atoms with Gasteiger partial charge in [0.15, 0.2) is 0 Å². The highest BCUT2D eigenvalue weighted by Gasteiger charge is 2.30. The first-order chi connectivity index (χ1) is 14.6. The highest BCUT2D eigenvalue weighted by molar-refractivity contribution is 6.32. The Morgan fingerprint density at radius 3 is 2.52 bits per heavy atom. The molecule has 0 fully saturated rings. The summed E-state index contributed by atoms with van der Waals surface area (Å²) in [6.07, 6.45) is -1.75. The van der Waals surface area contributed by atoms with E-state index in [4.69, 9.17) is 16.7 Å². The molecule has 6 nitrogen and oxygen atoms in total. The van der Waals surface area contributed by atoms with Gasteiger partial charge in [-0.3, -0.25) is 9.88 Å². The Morgan fingerprint density at radius 2 is 2.00 bits per heavy atom. The standard InChI is InChI=1S/C21H21ClF3N3O3/c1-27(16-4-2-15(3-5-16)21(23,24)25)20(31)28-8-6-13(7-9-28)19-17(22)10-14(11-26-19)18(30)12-29/h2-6,10-11,18,29-30H,7-9,12H2,1H3/t18-/m1/s1. The summed E-state index contributed by atoms with van der Waals surface area (Å²) in [7, 11) is 1.51. The average molecular weight is 456 g/mol. The van der Waals surface area contributed by atoms with Gasteiger partial charge < -0.3 is 15.1 Å². The summed E-state index contributed by atoms with van der Waals surface area (Å²) in [6, 6.07) is 5.62. The first-order valence-corrected chi connectivity index (χ1v) is 9.83. The molecule has 31 heavy (non-hydrogen) atoms. The number of carbonyl (C=O) groups is 1. The van der Waals surface area contributed by atoms with Crippen molar-refractivity contribution < 1.29 is 28.2 Å². The molecule has 0 bridgehead atoms. The van der Waals surface area contributed by atoms with Crippen LogP contribution in [0.15, 0.2) is 42.6 Å². The van der Waals surface area contributed by atoms with E-state index in [1.54, 1.807) is 11.0 Å². The largest absolute Gasteiger partial charge is 0.416 e. The van der Waals surface area contributed by atoms with Gasteiger partial charge in [-0.2, -0.15) is 13.2 Å². The molecule has 0 saturated heterocycles. The second kappa shape index (κ2) is 9.25. The Bertz CT molecular complexity index is 980. The van der Waals surface area contributed by atoms with Crippen LogP contribution in [0.2, 0.25) is 5.02 Å². The Balaban J connectivity index is 1.68. The lowest BCUT2D eigenvalue weighted by molar-refractivity contribution is -0.137. The summed E-state index contributed by atoms with van der Waals surface area (Å²) < 4.78 is 38.2. The average Bonchev–Trinajstić information content (AvgIpc) is 2.77. The van der Waals surface area contributed by atoms with Gasteiger partial charge in [0.2, 0.25) is 0 Å². The van der Waals surface area contributed by atoms with Crippen molar-refractivity contribution in [2.24, 2.45) is 0 Å². The number of aromatic nitrogens is 1. The van der Waals surface area contributed by atoms with Crippen molar-refractivity contribution in [3.05, 3.63) is 64.4 Å². The molecule has 2 amide bonds. The summed E-state index contributed by atoms with van der Waals surface area (Å²) in [5.41, 5.74) is 1.37. The molecule has 0 saturated carbocycles. The van der Waals surface area contributed by atoms with Gasteiger partial charge in [0, 0.05) is 37.6 Å². The molecule has 0 radical (unpaired) electrons. The van der Waals surface area contributed by atoms with Crippen molar-refractivity contribution in [2.45, 2.75) is 18.7 Å². The molecule has 0 aliphatic carbocycles. The fraction of sp³-hybridized carbons (Fsp3) is 0.333. The topological polar surface area (TPSA) is 76.9 Å². The predicted octanol–water partition coefficient (Wildman–Crippen LogP) is 4.13. The highest BCUT2D eigenvalue weighted by Crippen LogP contribution is 2.31. The molecule has 2 heterocycles. The van der Waals surface area contributed by atoms with Crippen molar-refractivity contribution in [1.29, 1.82) is 0 Å². The fourth-order valence-corrected chi connectivity index (χ4v) is 3.53. The van der Waals surface area contributed by atoms with Crippen molar-refractivity contribution in [1.82, 2.24) is 9.88 Å². The number of amides is 2. The van der Waals surface area contributed by atoms with E-state index in [2.05, 4.69) is 4.98 Å². The maximum atomic E-state index is 12.8. The van der Waals surface area contributed by atoms with Gasteiger partial charge in [-0.05, 0) is 42.3 Å². The number of rotatable bonds is 4. The van der Waals surface area contributed by atoms with Crippen LogP contribution in [0.25, 0.3) is 5.57 Å². The number of pyridine rings is 1. The van der Waals surface area contributed by atoms with E-state index in [1.807, 2.05) is 6.08 Å². The van der Waals surface area contributed by atoms with E-state index in [0.29, 0.717) is 34.9 Å². The molecule has 1 aliphatic rings. The number of nitrogens with zero attached hydrogens (tertiary/aromatic N) is 3. The fourth-order valence-electron chi connectivity index (χ4n) is 3.23. The number of halogens is 4. The van der Waals surface area contributed by atoms with Crippen LogP contribution in [-0.2, 0) is 6.18 Å². The number of benzene rings is 1. The van der Waals surface area contributed by atoms with Crippen molar-refractivity contribution >= 4 is 28.9 Å². The minimum Gasteiger partial charge on any atom is -0.393 e. The minimum atomic E-state index is -4.43. The van der Waals surface area contributed by atoms with Crippen molar-refractivity contribution in [2.75, 3.05) is 31.6 Å². The molecule has 1 aromatic heterocycles. The van der Waals surface area contributed by atoms with Crippen LogP contribution in [0.1, 0.15) is 29.3 Å². The molecule has 1 aliphatic heterocycles. The third-order valence-corrected chi connectivity index (χ3v) is 5.36. The second-order valence-corrected chi connectivity index (χ2v) is 7.52. The lowest BCUT2D eigenvalue weighted by Gasteiger charge is -2.31. The van der Waals surface area contributed by atoms with Crippen LogP contribution >= 0.6 is 11.6 Å². The number of anilines is 1. The smallest absolute Gasteiger partial charge is 0.393 e. The predicted molar refractivity (Wildman–Crippen MR) is 111 cm³/mol. The quantitative estimate of drug-likeness (QED) is 0.727. The lowest BCUT2D eigenvalue weighted by Crippen LogP contribution is -2.43. The van der Waals surface area contributed by atoms with Gasteiger partial charge in [0.25, 0.3) is 0 Å². The van der Waals surface area contributed by atoms with E-state index < -0.39 is 24.5 Å². The Hall–Kier alpha value is -2.62. The number of hydrogen-bond donors (Lipinski definition) is 2. The highest BCUT2D eigenvalue weighted by atomic mass is 35.5. The first kappa shape index (κ1) is 23.1. The Kier molecular flexibility index (Phi) is 6.88. The number of alkyl halides is 3. The van der Waals surface area contributed by atoms with E-state index in [9.17, 15) is 23.1 Å². The van der Waals surface area contributed by atoms with E-state index in [1.165, 1.54) is 30.3 Å². The molecule has 10 heteroatoms. The van der Waals surface area contributed by atoms with Gasteiger partial charge >= 0.3 is 12.2 Å². The van der Waals surface area contributed by atoms with Crippen LogP contribution in [0.4, 0.5) is 23.7 Å². The normalized spacial score (nSPS) is 15.5. The SMILES string of the molecule is CN(C(=O)N1CC=C(c2ncc([C@H](O)CO)cc2Cl)CC1)c1ccc(C(F)(F)F)cc1. The van der Waals surface area contributed by atoms with Gasteiger partial charge in [-0.1, -0.05) is 17.7 Å². The zero-order valence-electron chi connectivity index (χ0n) is 16.6. The molecule has 2 N–H and O–H groups in total. The Labute approximate surface area is 182 Å². The third kappa shape index (κ3) is 5.17. The minimum absolute atomic E-state index is 0.290. The summed E-state index contributed by atoms with van der Waals surface area (Å²) >= 11 is 6.27. The number of urea groups is 1. The van der Waals surface area contributed by atoms with E-state index in [0.717, 1.165) is 17.7 Å². The summed E-state index contributed by atoms with van der Waals surface area (Å²) in [4.78, 5) is 19.9. The zero-order valence-corrected chi connectivity index (χ0v) is 17.4. The van der Waals surface area contributed by atoms with Crippen LogP contribution in [0, 0.1) is 0 Å². The molecule has 166 valence electrons. The summed E-state index contributed by atoms with van der Waals surface area (Å²) in [6.45, 7) is 0.233.